The Kier molecular flexibility index (Phi) is 31.2. The number of aldehydes is 1. The van der Waals surface area contributed by atoms with Gasteiger partial charge in [0.1, 0.15) is 42.5 Å². The zero-order valence-electron chi connectivity index (χ0n) is 41.8. The van der Waals surface area contributed by atoms with Crippen molar-refractivity contribution in [3.63, 3.8) is 0 Å². The maximum Gasteiger partial charge on any atom is 0.306 e. The molecule has 0 radical (unpaired) electrons. The first kappa shape index (κ1) is 59.4. The van der Waals surface area contributed by atoms with Crippen LogP contribution in [0, 0.1) is 0 Å². The average molecular weight is 983 g/mol. The summed E-state index contributed by atoms with van der Waals surface area (Å²) in [5.41, 5.74) is 11.8. The highest BCUT2D eigenvalue weighted by Crippen LogP contribution is 2.17. The van der Waals surface area contributed by atoms with Gasteiger partial charge in [0.15, 0.2) is 0 Å². The van der Waals surface area contributed by atoms with E-state index >= 15 is 0 Å². The fourth-order valence-electron chi connectivity index (χ4n) is 6.98. The molecule has 0 heterocycles. The van der Waals surface area contributed by atoms with Gasteiger partial charge in [0.05, 0.1) is 26.4 Å². The largest absolute Gasteiger partial charge is 0.494 e. The molecule has 0 aliphatic heterocycles. The molecule has 6 aromatic carbocycles. The molecule has 0 aliphatic rings. The molecule has 11 heteroatoms. The Morgan fingerprint density at radius 2 is 0.958 bits per heavy atom. The van der Waals surface area contributed by atoms with Crippen molar-refractivity contribution in [2.24, 2.45) is 5.73 Å². The van der Waals surface area contributed by atoms with Crippen molar-refractivity contribution in [3.8, 4) is 23.0 Å². The Morgan fingerprint density at radius 1 is 0.486 bits per heavy atom. The summed E-state index contributed by atoms with van der Waals surface area (Å²) in [6.07, 6.45) is 9.52. The lowest BCUT2D eigenvalue weighted by Gasteiger charge is -2.10. The third kappa shape index (κ3) is 26.9. The number of aryl methyl sites for hydroxylation is 2. The zero-order chi connectivity index (χ0) is 50.4. The summed E-state index contributed by atoms with van der Waals surface area (Å²) < 4.78 is 32.7. The second kappa shape index (κ2) is 37.8. The van der Waals surface area contributed by atoms with E-state index in [9.17, 15) is 14.4 Å². The Balaban J connectivity index is 0.000000321. The predicted molar refractivity (Wildman–Crippen MR) is 289 cm³/mol. The van der Waals surface area contributed by atoms with Crippen LogP contribution in [0.2, 0.25) is 0 Å². The number of hydrogen-bond acceptors (Lipinski definition) is 11. The molecule has 0 atom stereocenters. The van der Waals surface area contributed by atoms with Crippen molar-refractivity contribution in [2.75, 3.05) is 39.5 Å². The maximum absolute atomic E-state index is 12.0. The molecular formula is C61H78N2O9. The van der Waals surface area contributed by atoms with Gasteiger partial charge in [-0.25, -0.2) is 0 Å². The quantitative estimate of drug-likeness (QED) is 0.0253. The van der Waals surface area contributed by atoms with Gasteiger partial charge in [-0.3, -0.25) is 14.4 Å². The Hall–Kier alpha value is -6.95. The van der Waals surface area contributed by atoms with Crippen LogP contribution in [0.25, 0.3) is 0 Å². The summed E-state index contributed by atoms with van der Waals surface area (Å²) in [5.74, 6) is 2.59. The molecule has 11 nitrogen and oxygen atoms in total. The number of carbonyl (C=O) groups excluding carboxylic acids is 3. The zero-order valence-corrected chi connectivity index (χ0v) is 41.8. The van der Waals surface area contributed by atoms with Crippen LogP contribution in [-0.4, -0.2) is 57.7 Å². The number of benzene rings is 6. The summed E-state index contributed by atoms with van der Waals surface area (Å²) in [4.78, 5) is 34.5. The summed E-state index contributed by atoms with van der Waals surface area (Å²) in [6.45, 7) is 9.14. The summed E-state index contributed by atoms with van der Waals surface area (Å²) in [6, 6.07) is 51.2. The van der Waals surface area contributed by atoms with Crippen LogP contribution < -0.4 is 30.0 Å². The molecule has 6 aromatic rings. The fraction of sp³-hybridized carbons (Fsp3) is 0.361. The minimum Gasteiger partial charge on any atom is -0.494 e. The number of carbonyl (C=O) groups is 3. The van der Waals surface area contributed by atoms with Gasteiger partial charge < -0.3 is 39.5 Å². The van der Waals surface area contributed by atoms with Gasteiger partial charge in [-0.2, -0.15) is 0 Å². The second-order valence-corrected chi connectivity index (χ2v) is 16.6. The fourth-order valence-corrected chi connectivity index (χ4v) is 6.98. The summed E-state index contributed by atoms with van der Waals surface area (Å²) in [7, 11) is 0. The Morgan fingerprint density at radius 3 is 1.44 bits per heavy atom. The molecule has 0 amide bonds. The first-order chi connectivity index (χ1) is 34.9. The molecule has 0 aromatic heterocycles. The van der Waals surface area contributed by atoms with E-state index in [4.69, 9.17) is 34.2 Å². The molecule has 0 aliphatic carbocycles. The number of nitrogens with two attached hydrogens (primary N) is 1. The van der Waals surface area contributed by atoms with Crippen LogP contribution in [0.5, 0.6) is 23.0 Å². The van der Waals surface area contributed by atoms with Crippen molar-refractivity contribution in [2.45, 2.75) is 105 Å². The van der Waals surface area contributed by atoms with Gasteiger partial charge >= 0.3 is 11.9 Å². The third-order valence-electron chi connectivity index (χ3n) is 10.8. The van der Waals surface area contributed by atoms with E-state index in [1.54, 1.807) is 24.3 Å². The molecule has 0 saturated carbocycles. The number of unbranched alkanes of at least 4 members (excludes halogenated alkanes) is 2. The number of hydrogen-bond donors (Lipinski definition) is 2. The molecule has 0 bridgehead atoms. The lowest BCUT2D eigenvalue weighted by Crippen LogP contribution is -2.15. The Labute approximate surface area is 429 Å². The lowest BCUT2D eigenvalue weighted by molar-refractivity contribution is -0.146. The summed E-state index contributed by atoms with van der Waals surface area (Å²) >= 11 is 0. The molecule has 3 N–H and O–H groups in total. The number of rotatable bonds is 30. The average Bonchev–Trinajstić information content (AvgIpc) is 3.41. The topological polar surface area (TPSA) is 145 Å². The molecule has 0 fully saturated rings. The van der Waals surface area contributed by atoms with Gasteiger partial charge in [-0.1, -0.05) is 117 Å². The first-order valence-corrected chi connectivity index (χ1v) is 25.0. The van der Waals surface area contributed by atoms with Crippen molar-refractivity contribution in [1.82, 2.24) is 5.32 Å². The van der Waals surface area contributed by atoms with Gasteiger partial charge in [0, 0.05) is 24.9 Å². The standard InChI is InChI=1S/C30H37NO4.C20H22O5.C10H15N.CH4/c1-2-33-28-18-16-26(17-19-28)24-35-30(32)15-9-21-34-29-14-8-13-27(22-29)23-31-20-7-6-12-25-10-4-3-5-11-25;1-2-23-18-10-8-16(9-11-18)15-25-20(22)7-4-12-24-19-6-3-5-17(13-19)14-21;11-9-5-4-8-10-6-2-1-3-7-10;/h3-5,8,10-11,13-14,16-19,22,31H,2,6-7,9,12,15,20-21,23-24H2,1H3;3,5-6,8-11,13-14H,2,4,7,12,15H2,1H3;1-3,6-7H,4-5,8-9,11H2;1H4. The molecule has 72 heavy (non-hydrogen) atoms. The van der Waals surface area contributed by atoms with E-state index in [-0.39, 0.29) is 39.0 Å². The van der Waals surface area contributed by atoms with Crippen molar-refractivity contribution in [1.29, 1.82) is 0 Å². The van der Waals surface area contributed by atoms with Crippen LogP contribution in [0.15, 0.2) is 158 Å². The van der Waals surface area contributed by atoms with E-state index in [2.05, 4.69) is 72.0 Å². The lowest BCUT2D eigenvalue weighted by atomic mass is 10.1. The minimum absolute atomic E-state index is 0. The second-order valence-electron chi connectivity index (χ2n) is 16.6. The summed E-state index contributed by atoms with van der Waals surface area (Å²) in [5, 5.41) is 3.51. The highest BCUT2D eigenvalue weighted by atomic mass is 16.5. The molecular weight excluding hydrogens is 905 g/mol. The van der Waals surface area contributed by atoms with E-state index in [0.717, 1.165) is 80.0 Å². The van der Waals surface area contributed by atoms with Crippen LogP contribution >= 0.6 is 0 Å². The van der Waals surface area contributed by atoms with E-state index in [0.29, 0.717) is 57.0 Å². The smallest absolute Gasteiger partial charge is 0.306 e. The van der Waals surface area contributed by atoms with Gasteiger partial charge in [0.2, 0.25) is 0 Å². The maximum atomic E-state index is 12.0. The van der Waals surface area contributed by atoms with Gasteiger partial charge in [-0.15, -0.1) is 0 Å². The number of esters is 2. The minimum atomic E-state index is -0.265. The number of nitrogens with one attached hydrogen (secondary N) is 1. The molecule has 6 rings (SSSR count). The van der Waals surface area contributed by atoms with Gasteiger partial charge in [-0.05, 0) is 155 Å². The van der Waals surface area contributed by atoms with Crippen molar-refractivity contribution >= 4 is 18.2 Å². The number of ether oxygens (including phenoxy) is 6. The van der Waals surface area contributed by atoms with Crippen molar-refractivity contribution in [3.05, 3.63) is 191 Å². The van der Waals surface area contributed by atoms with E-state index < -0.39 is 0 Å². The molecule has 0 spiro atoms. The third-order valence-corrected chi connectivity index (χ3v) is 10.8. The van der Waals surface area contributed by atoms with E-state index in [1.807, 2.05) is 80.6 Å². The van der Waals surface area contributed by atoms with Crippen LogP contribution in [0.3, 0.4) is 0 Å². The molecule has 0 saturated heterocycles. The van der Waals surface area contributed by atoms with Crippen LogP contribution in [-0.2, 0) is 51.7 Å². The predicted octanol–water partition coefficient (Wildman–Crippen LogP) is 12.5. The normalized spacial score (nSPS) is 10.2. The van der Waals surface area contributed by atoms with Gasteiger partial charge in [0.25, 0.3) is 0 Å². The highest BCUT2D eigenvalue weighted by molar-refractivity contribution is 5.75. The SMILES string of the molecule is C.CCOc1ccc(COC(=O)CCCOc2cccc(C=O)c2)cc1.CCOc1ccc(COC(=O)CCCOc2cccc(CNCCCCc3ccccc3)c2)cc1.NCCCCc1ccccc1. The molecule has 386 valence electrons. The first-order valence-electron chi connectivity index (χ1n) is 25.0. The van der Waals surface area contributed by atoms with Crippen LogP contribution in [0.1, 0.15) is 111 Å². The Bertz CT molecular complexity index is 2330. The van der Waals surface area contributed by atoms with E-state index in [1.165, 1.54) is 29.5 Å². The monoisotopic (exact) mass is 983 g/mol. The van der Waals surface area contributed by atoms with Crippen molar-refractivity contribution < 1.29 is 42.8 Å². The van der Waals surface area contributed by atoms with Crippen LogP contribution in [0.4, 0.5) is 0 Å². The molecule has 0 unspecified atom stereocenters. The highest BCUT2D eigenvalue weighted by Gasteiger charge is 2.07.